The molecule has 3 rings (SSSR count). The average molecular weight is 339 g/mol. The predicted octanol–water partition coefficient (Wildman–Crippen LogP) is 1.79. The van der Waals surface area contributed by atoms with Crippen LogP contribution in [0.15, 0.2) is 30.7 Å². The van der Waals surface area contributed by atoms with E-state index in [9.17, 15) is 9.59 Å². The molecule has 0 saturated carbocycles. The molecule has 1 aliphatic rings. The summed E-state index contributed by atoms with van der Waals surface area (Å²) in [6, 6.07) is 3.81. The molecule has 2 aromatic heterocycles. The van der Waals surface area contributed by atoms with Crippen molar-refractivity contribution in [2.24, 2.45) is 0 Å². The molecule has 0 aliphatic carbocycles. The summed E-state index contributed by atoms with van der Waals surface area (Å²) < 4.78 is 0. The SMILES string of the molecule is CC(=O)NCc1ccc([C@H]2CCCN2C(=O)c2cnc(C)cn2)nc1. The van der Waals surface area contributed by atoms with Crippen LogP contribution in [-0.2, 0) is 11.3 Å². The number of amides is 2. The second-order valence-corrected chi connectivity index (χ2v) is 6.20. The molecule has 7 nitrogen and oxygen atoms in total. The zero-order valence-corrected chi connectivity index (χ0v) is 14.4. The summed E-state index contributed by atoms with van der Waals surface area (Å²) in [5, 5.41) is 2.75. The van der Waals surface area contributed by atoms with Gasteiger partial charge < -0.3 is 10.2 Å². The van der Waals surface area contributed by atoms with Crippen LogP contribution in [0.1, 0.15) is 53.2 Å². The van der Waals surface area contributed by atoms with Crippen LogP contribution in [0.3, 0.4) is 0 Å². The number of nitrogens with one attached hydrogen (secondary N) is 1. The van der Waals surface area contributed by atoms with Crippen molar-refractivity contribution in [1.29, 1.82) is 0 Å². The van der Waals surface area contributed by atoms with E-state index < -0.39 is 0 Å². The maximum absolute atomic E-state index is 12.7. The van der Waals surface area contributed by atoms with E-state index in [0.717, 1.165) is 29.8 Å². The van der Waals surface area contributed by atoms with Crippen LogP contribution in [-0.4, -0.2) is 38.2 Å². The third kappa shape index (κ3) is 3.99. The smallest absolute Gasteiger partial charge is 0.274 e. The van der Waals surface area contributed by atoms with Gasteiger partial charge in [-0.3, -0.25) is 19.6 Å². The molecule has 0 unspecified atom stereocenters. The fourth-order valence-corrected chi connectivity index (χ4v) is 2.93. The lowest BCUT2D eigenvalue weighted by Crippen LogP contribution is -2.31. The van der Waals surface area contributed by atoms with E-state index in [1.165, 1.54) is 13.1 Å². The summed E-state index contributed by atoms with van der Waals surface area (Å²) in [7, 11) is 0. The minimum absolute atomic E-state index is 0.0505. The van der Waals surface area contributed by atoms with Gasteiger partial charge in [-0.05, 0) is 31.4 Å². The molecule has 7 heteroatoms. The van der Waals surface area contributed by atoms with E-state index in [1.807, 2.05) is 24.0 Å². The topological polar surface area (TPSA) is 88.1 Å². The first-order valence-corrected chi connectivity index (χ1v) is 8.33. The van der Waals surface area contributed by atoms with Crippen molar-refractivity contribution < 1.29 is 9.59 Å². The number of carbonyl (C=O) groups excluding carboxylic acids is 2. The van der Waals surface area contributed by atoms with Crippen LogP contribution in [0, 0.1) is 6.92 Å². The normalized spacial score (nSPS) is 16.7. The van der Waals surface area contributed by atoms with Crippen molar-refractivity contribution in [1.82, 2.24) is 25.2 Å². The lowest BCUT2D eigenvalue weighted by Gasteiger charge is -2.24. The van der Waals surface area contributed by atoms with Gasteiger partial charge in [0.2, 0.25) is 5.91 Å². The number of pyridine rings is 1. The van der Waals surface area contributed by atoms with Crippen molar-refractivity contribution in [3.63, 3.8) is 0 Å². The van der Waals surface area contributed by atoms with Crippen molar-refractivity contribution in [3.8, 4) is 0 Å². The molecule has 1 saturated heterocycles. The van der Waals surface area contributed by atoms with E-state index >= 15 is 0 Å². The molecule has 0 aromatic carbocycles. The summed E-state index contributed by atoms with van der Waals surface area (Å²) in [6.07, 6.45) is 6.69. The third-order valence-corrected chi connectivity index (χ3v) is 4.24. The molecule has 0 radical (unpaired) electrons. The van der Waals surface area contributed by atoms with Gasteiger partial charge >= 0.3 is 0 Å². The van der Waals surface area contributed by atoms with Crippen LogP contribution in [0.2, 0.25) is 0 Å². The number of hydrogen-bond donors (Lipinski definition) is 1. The van der Waals surface area contributed by atoms with Crippen LogP contribution >= 0.6 is 0 Å². The minimum Gasteiger partial charge on any atom is -0.352 e. The number of likely N-dealkylation sites (tertiary alicyclic amines) is 1. The van der Waals surface area contributed by atoms with E-state index in [1.54, 1.807) is 12.4 Å². The number of aromatic nitrogens is 3. The molecule has 130 valence electrons. The van der Waals surface area contributed by atoms with Gasteiger partial charge in [0, 0.05) is 32.4 Å². The highest BCUT2D eigenvalue weighted by atomic mass is 16.2. The highest BCUT2D eigenvalue weighted by molar-refractivity contribution is 5.92. The molecular weight excluding hydrogens is 318 g/mol. The lowest BCUT2D eigenvalue weighted by atomic mass is 10.1. The fourth-order valence-electron chi connectivity index (χ4n) is 2.93. The van der Waals surface area contributed by atoms with Crippen LogP contribution < -0.4 is 5.32 Å². The van der Waals surface area contributed by atoms with Gasteiger partial charge in [-0.1, -0.05) is 6.07 Å². The van der Waals surface area contributed by atoms with E-state index in [0.29, 0.717) is 18.8 Å². The Morgan fingerprint density at radius 3 is 2.68 bits per heavy atom. The van der Waals surface area contributed by atoms with Gasteiger partial charge in [0.15, 0.2) is 0 Å². The Morgan fingerprint density at radius 2 is 2.04 bits per heavy atom. The van der Waals surface area contributed by atoms with Crippen molar-refractivity contribution in [2.45, 2.75) is 39.3 Å². The standard InChI is InChI=1S/C18H21N5O2/c1-12-8-21-16(11-19-12)18(25)23-7-3-4-17(23)15-6-5-14(10-22-15)9-20-13(2)24/h5-6,8,10-11,17H,3-4,7,9H2,1-2H3,(H,20,24)/t17-/m1/s1. The molecule has 3 heterocycles. The van der Waals surface area contributed by atoms with Crippen molar-refractivity contribution in [3.05, 3.63) is 53.4 Å². The summed E-state index contributed by atoms with van der Waals surface area (Å²) in [5.41, 5.74) is 2.93. The van der Waals surface area contributed by atoms with Crippen LogP contribution in [0.5, 0.6) is 0 Å². The zero-order chi connectivity index (χ0) is 17.8. The second kappa shape index (κ2) is 7.38. The highest BCUT2D eigenvalue weighted by Crippen LogP contribution is 2.31. The molecule has 0 bridgehead atoms. The zero-order valence-electron chi connectivity index (χ0n) is 14.4. The fraction of sp³-hybridized carbons (Fsp3) is 0.389. The van der Waals surface area contributed by atoms with Crippen LogP contribution in [0.25, 0.3) is 0 Å². The van der Waals surface area contributed by atoms with Gasteiger partial charge in [0.05, 0.1) is 23.6 Å². The Morgan fingerprint density at radius 1 is 1.20 bits per heavy atom. The lowest BCUT2D eigenvalue weighted by molar-refractivity contribution is -0.119. The molecular formula is C18H21N5O2. The molecule has 25 heavy (non-hydrogen) atoms. The van der Waals surface area contributed by atoms with Gasteiger partial charge in [0.25, 0.3) is 5.91 Å². The first-order valence-electron chi connectivity index (χ1n) is 8.33. The minimum atomic E-state index is -0.112. The monoisotopic (exact) mass is 339 g/mol. The molecule has 1 atom stereocenters. The maximum atomic E-state index is 12.7. The largest absolute Gasteiger partial charge is 0.352 e. The van der Waals surface area contributed by atoms with E-state index in [2.05, 4.69) is 20.3 Å². The summed E-state index contributed by atoms with van der Waals surface area (Å²) in [4.78, 5) is 38.4. The Hall–Kier alpha value is -2.83. The van der Waals surface area contributed by atoms with Gasteiger partial charge in [-0.15, -0.1) is 0 Å². The average Bonchev–Trinajstić information content (AvgIpc) is 3.10. The number of carbonyl (C=O) groups is 2. The molecule has 1 fully saturated rings. The molecule has 2 aromatic rings. The van der Waals surface area contributed by atoms with E-state index in [-0.39, 0.29) is 17.9 Å². The summed E-state index contributed by atoms with van der Waals surface area (Å²) >= 11 is 0. The number of nitrogens with zero attached hydrogens (tertiary/aromatic N) is 4. The Bertz CT molecular complexity index is 758. The summed E-state index contributed by atoms with van der Waals surface area (Å²) in [6.45, 7) is 4.47. The highest BCUT2D eigenvalue weighted by Gasteiger charge is 2.32. The second-order valence-electron chi connectivity index (χ2n) is 6.20. The number of rotatable bonds is 4. The van der Waals surface area contributed by atoms with Crippen molar-refractivity contribution >= 4 is 11.8 Å². The van der Waals surface area contributed by atoms with E-state index in [4.69, 9.17) is 0 Å². The molecule has 2 amide bonds. The van der Waals surface area contributed by atoms with Gasteiger partial charge in [-0.25, -0.2) is 4.98 Å². The van der Waals surface area contributed by atoms with Crippen LogP contribution in [0.4, 0.5) is 0 Å². The number of aryl methyl sites for hydroxylation is 1. The third-order valence-electron chi connectivity index (χ3n) is 4.24. The van der Waals surface area contributed by atoms with Gasteiger partial charge in [-0.2, -0.15) is 0 Å². The Kier molecular flexibility index (Phi) is 5.02. The Labute approximate surface area is 146 Å². The quantitative estimate of drug-likeness (QED) is 0.917. The first kappa shape index (κ1) is 17.0. The number of hydrogen-bond acceptors (Lipinski definition) is 5. The molecule has 1 aliphatic heterocycles. The first-order chi connectivity index (χ1) is 12.0. The van der Waals surface area contributed by atoms with Gasteiger partial charge in [0.1, 0.15) is 5.69 Å². The molecule has 0 spiro atoms. The predicted molar refractivity (Wildman–Crippen MR) is 91.5 cm³/mol. The Balaban J connectivity index is 1.73. The van der Waals surface area contributed by atoms with Crippen molar-refractivity contribution in [2.75, 3.05) is 6.54 Å². The molecule has 1 N–H and O–H groups in total. The maximum Gasteiger partial charge on any atom is 0.274 e. The summed E-state index contributed by atoms with van der Waals surface area (Å²) in [5.74, 6) is -0.185.